The number of rotatable bonds is 4. The van der Waals surface area contributed by atoms with Gasteiger partial charge in [0.2, 0.25) is 5.91 Å². The molecule has 114 valence electrons. The number of nitrogens with one attached hydrogen (secondary N) is 1. The van der Waals surface area contributed by atoms with E-state index in [0.29, 0.717) is 12.5 Å². The van der Waals surface area contributed by atoms with Gasteiger partial charge in [-0.3, -0.25) is 9.48 Å². The van der Waals surface area contributed by atoms with Crippen LogP contribution in [0.5, 0.6) is 0 Å². The SMILES string of the molecule is CC(N)CC(=O)NC1CCc2cn(C(C)C)nc2C1.Cl. The van der Waals surface area contributed by atoms with Gasteiger partial charge in [0, 0.05) is 37.2 Å². The fraction of sp³-hybridized carbons (Fsp3) is 0.714. The maximum Gasteiger partial charge on any atom is 0.221 e. The van der Waals surface area contributed by atoms with Gasteiger partial charge in [-0.05, 0) is 39.2 Å². The summed E-state index contributed by atoms with van der Waals surface area (Å²) in [6, 6.07) is 0.505. The predicted molar refractivity (Wildman–Crippen MR) is 82.1 cm³/mol. The zero-order chi connectivity index (χ0) is 14.0. The molecule has 1 amide bonds. The van der Waals surface area contributed by atoms with E-state index in [1.54, 1.807) is 0 Å². The summed E-state index contributed by atoms with van der Waals surface area (Å²) < 4.78 is 2.01. The molecule has 2 atom stereocenters. The number of halogens is 1. The Balaban J connectivity index is 0.00000200. The molecular weight excluding hydrogens is 276 g/mol. The molecule has 2 unspecified atom stereocenters. The van der Waals surface area contributed by atoms with Crippen LogP contribution in [0.1, 0.15) is 50.9 Å². The van der Waals surface area contributed by atoms with Gasteiger partial charge < -0.3 is 11.1 Å². The highest BCUT2D eigenvalue weighted by Gasteiger charge is 2.23. The highest BCUT2D eigenvalue weighted by Crippen LogP contribution is 2.21. The van der Waals surface area contributed by atoms with Crippen LogP contribution in [-0.4, -0.2) is 27.8 Å². The van der Waals surface area contributed by atoms with E-state index in [1.165, 1.54) is 5.56 Å². The van der Waals surface area contributed by atoms with E-state index in [9.17, 15) is 4.79 Å². The maximum absolute atomic E-state index is 11.7. The van der Waals surface area contributed by atoms with Crippen molar-refractivity contribution in [3.05, 3.63) is 17.5 Å². The van der Waals surface area contributed by atoms with Crippen LogP contribution in [0.15, 0.2) is 6.20 Å². The second-order valence-corrected chi connectivity index (χ2v) is 5.86. The van der Waals surface area contributed by atoms with Gasteiger partial charge in [-0.2, -0.15) is 5.10 Å². The summed E-state index contributed by atoms with van der Waals surface area (Å²) in [4.78, 5) is 11.7. The van der Waals surface area contributed by atoms with Crippen LogP contribution in [0.2, 0.25) is 0 Å². The third kappa shape index (κ3) is 4.21. The van der Waals surface area contributed by atoms with Crippen LogP contribution in [0, 0.1) is 0 Å². The Morgan fingerprint density at radius 3 is 2.85 bits per heavy atom. The molecule has 1 aliphatic carbocycles. The van der Waals surface area contributed by atoms with Gasteiger partial charge in [0.1, 0.15) is 0 Å². The van der Waals surface area contributed by atoms with Crippen molar-refractivity contribution in [2.45, 2.75) is 64.6 Å². The highest BCUT2D eigenvalue weighted by atomic mass is 35.5. The van der Waals surface area contributed by atoms with Crippen molar-refractivity contribution in [1.82, 2.24) is 15.1 Å². The first kappa shape index (κ1) is 17.0. The van der Waals surface area contributed by atoms with Crippen molar-refractivity contribution in [3.63, 3.8) is 0 Å². The summed E-state index contributed by atoms with van der Waals surface area (Å²) in [6.45, 7) is 6.10. The van der Waals surface area contributed by atoms with Gasteiger partial charge in [0.15, 0.2) is 0 Å². The third-order valence-electron chi connectivity index (χ3n) is 3.50. The second kappa shape index (κ2) is 7.09. The zero-order valence-corrected chi connectivity index (χ0v) is 13.2. The zero-order valence-electron chi connectivity index (χ0n) is 12.4. The van der Waals surface area contributed by atoms with E-state index in [2.05, 4.69) is 30.5 Å². The average molecular weight is 301 g/mol. The molecule has 20 heavy (non-hydrogen) atoms. The number of hydrogen-bond donors (Lipinski definition) is 2. The van der Waals surface area contributed by atoms with E-state index in [-0.39, 0.29) is 30.4 Å². The molecule has 6 heteroatoms. The van der Waals surface area contributed by atoms with Crippen molar-refractivity contribution < 1.29 is 4.79 Å². The lowest BCUT2D eigenvalue weighted by atomic mass is 9.93. The smallest absolute Gasteiger partial charge is 0.221 e. The first-order valence-corrected chi connectivity index (χ1v) is 7.07. The number of carbonyl (C=O) groups excluding carboxylic acids is 1. The van der Waals surface area contributed by atoms with Crippen molar-refractivity contribution in [3.8, 4) is 0 Å². The van der Waals surface area contributed by atoms with Crippen molar-refractivity contribution in [1.29, 1.82) is 0 Å². The molecule has 0 radical (unpaired) electrons. The normalized spacial score (nSPS) is 19.1. The average Bonchev–Trinajstić information content (AvgIpc) is 2.70. The van der Waals surface area contributed by atoms with Gasteiger partial charge in [0.05, 0.1) is 5.69 Å². The molecule has 0 saturated heterocycles. The minimum absolute atomic E-state index is 0. The number of nitrogens with zero attached hydrogens (tertiary/aromatic N) is 2. The molecule has 0 saturated carbocycles. The molecule has 1 aliphatic rings. The van der Waals surface area contributed by atoms with E-state index in [4.69, 9.17) is 5.73 Å². The standard InChI is InChI=1S/C14H24N4O.ClH/c1-9(2)18-8-11-4-5-12(7-13(11)17-18)16-14(19)6-10(3)15;/h8-10,12H,4-7,15H2,1-3H3,(H,16,19);1H. The summed E-state index contributed by atoms with van der Waals surface area (Å²) in [7, 11) is 0. The van der Waals surface area contributed by atoms with Gasteiger partial charge in [-0.25, -0.2) is 0 Å². The number of fused-ring (bicyclic) bond motifs is 1. The first-order chi connectivity index (χ1) is 8.95. The molecule has 2 rings (SSSR count). The summed E-state index contributed by atoms with van der Waals surface area (Å²) in [5.41, 5.74) is 8.09. The molecule has 0 fully saturated rings. The Labute approximate surface area is 126 Å². The molecule has 0 aliphatic heterocycles. The van der Waals surface area contributed by atoms with Gasteiger partial charge in [-0.15, -0.1) is 12.4 Å². The van der Waals surface area contributed by atoms with Gasteiger partial charge in [-0.1, -0.05) is 0 Å². The van der Waals surface area contributed by atoms with Gasteiger partial charge >= 0.3 is 0 Å². The third-order valence-corrected chi connectivity index (χ3v) is 3.50. The number of carbonyl (C=O) groups is 1. The fourth-order valence-electron chi connectivity index (χ4n) is 2.48. The van der Waals surface area contributed by atoms with Crippen LogP contribution in [0.4, 0.5) is 0 Å². The molecule has 0 spiro atoms. The molecule has 1 aromatic heterocycles. The Bertz CT molecular complexity index is 456. The number of aryl methyl sites for hydroxylation is 1. The van der Waals surface area contributed by atoms with Crippen LogP contribution in [0.3, 0.4) is 0 Å². The topological polar surface area (TPSA) is 72.9 Å². The van der Waals surface area contributed by atoms with Crippen LogP contribution in [0.25, 0.3) is 0 Å². The number of amides is 1. The molecule has 0 bridgehead atoms. The molecule has 3 N–H and O–H groups in total. The number of aromatic nitrogens is 2. The molecule has 1 aromatic rings. The largest absolute Gasteiger partial charge is 0.353 e. The predicted octanol–water partition coefficient (Wildman–Crippen LogP) is 1.60. The fourth-order valence-corrected chi connectivity index (χ4v) is 2.48. The van der Waals surface area contributed by atoms with E-state index in [0.717, 1.165) is 25.0 Å². The van der Waals surface area contributed by atoms with Gasteiger partial charge in [0.25, 0.3) is 0 Å². The van der Waals surface area contributed by atoms with Crippen molar-refractivity contribution in [2.24, 2.45) is 5.73 Å². The quantitative estimate of drug-likeness (QED) is 0.887. The molecule has 1 heterocycles. The molecule has 5 nitrogen and oxygen atoms in total. The minimum atomic E-state index is -0.0840. The number of nitrogens with two attached hydrogens (primary N) is 1. The Kier molecular flexibility index (Phi) is 6.02. The molecule has 0 aromatic carbocycles. The summed E-state index contributed by atoms with van der Waals surface area (Å²) in [5.74, 6) is 0.0479. The van der Waals surface area contributed by atoms with Crippen LogP contribution < -0.4 is 11.1 Å². The maximum atomic E-state index is 11.7. The highest BCUT2D eigenvalue weighted by molar-refractivity contribution is 5.85. The summed E-state index contributed by atoms with van der Waals surface area (Å²) >= 11 is 0. The Hall–Kier alpha value is -1.07. The summed E-state index contributed by atoms with van der Waals surface area (Å²) in [6.07, 6.45) is 5.34. The Morgan fingerprint density at radius 1 is 1.55 bits per heavy atom. The lowest BCUT2D eigenvalue weighted by Gasteiger charge is -2.22. The lowest BCUT2D eigenvalue weighted by Crippen LogP contribution is -2.40. The lowest BCUT2D eigenvalue weighted by molar-refractivity contribution is -0.122. The van der Waals surface area contributed by atoms with E-state index in [1.807, 2.05) is 11.6 Å². The number of hydrogen-bond acceptors (Lipinski definition) is 3. The Morgan fingerprint density at radius 2 is 2.25 bits per heavy atom. The van der Waals surface area contributed by atoms with E-state index < -0.39 is 0 Å². The minimum Gasteiger partial charge on any atom is -0.353 e. The molecular formula is C14H25ClN4O. The van der Waals surface area contributed by atoms with Crippen LogP contribution in [-0.2, 0) is 17.6 Å². The second-order valence-electron chi connectivity index (χ2n) is 5.86. The van der Waals surface area contributed by atoms with E-state index >= 15 is 0 Å². The van der Waals surface area contributed by atoms with Crippen molar-refractivity contribution in [2.75, 3.05) is 0 Å². The summed E-state index contributed by atoms with van der Waals surface area (Å²) in [5, 5.41) is 7.67. The first-order valence-electron chi connectivity index (χ1n) is 7.07. The monoisotopic (exact) mass is 300 g/mol. The van der Waals surface area contributed by atoms with Crippen molar-refractivity contribution >= 4 is 18.3 Å². The van der Waals surface area contributed by atoms with Crippen LogP contribution >= 0.6 is 12.4 Å².